The van der Waals surface area contributed by atoms with Crippen molar-refractivity contribution in [1.82, 2.24) is 0 Å². The van der Waals surface area contributed by atoms with Crippen molar-refractivity contribution in [3.63, 3.8) is 0 Å². The fraction of sp³-hybridized carbons (Fsp3) is 1.00. The molecule has 29 heavy (non-hydrogen) atoms. The van der Waals surface area contributed by atoms with Gasteiger partial charge in [-0.2, -0.15) is 0 Å². The molecule has 2 heteroatoms. The van der Waals surface area contributed by atoms with Crippen molar-refractivity contribution in [1.29, 1.82) is 0 Å². The second-order valence-corrected chi connectivity index (χ2v) is 11.0. The minimum Gasteiger partial charge on any atom is -0.251 e. The summed E-state index contributed by atoms with van der Waals surface area (Å²) in [6.45, 7) is -0.239. The number of unbranched alkanes of at least 4 members (excludes halogenated alkanes) is 4. The van der Waals surface area contributed by atoms with E-state index < -0.39 is 0 Å². The standard InChI is InChI=1S/C27H48F2/c28-20-5-3-1-2-4-6-22-7-11-24(12-8-22)26-15-17-27(18-16-26)25-13-9-23(10-14-25)19-21-29/h22-27H,1-21H2. The van der Waals surface area contributed by atoms with Crippen LogP contribution >= 0.6 is 0 Å². The lowest BCUT2D eigenvalue weighted by Gasteiger charge is -2.41. The topological polar surface area (TPSA) is 0 Å². The molecule has 0 aromatic rings. The Morgan fingerprint density at radius 1 is 0.379 bits per heavy atom. The summed E-state index contributed by atoms with van der Waals surface area (Å²) in [6.07, 6.45) is 25.3. The summed E-state index contributed by atoms with van der Waals surface area (Å²) < 4.78 is 24.7. The van der Waals surface area contributed by atoms with Crippen LogP contribution in [0.2, 0.25) is 0 Å². The number of rotatable bonds is 11. The van der Waals surface area contributed by atoms with Gasteiger partial charge in [0.05, 0.1) is 13.3 Å². The molecular weight excluding hydrogens is 362 g/mol. The Hall–Kier alpha value is -0.140. The van der Waals surface area contributed by atoms with Crippen molar-refractivity contribution in [2.24, 2.45) is 35.5 Å². The molecule has 0 amide bonds. The Labute approximate surface area is 180 Å². The molecule has 0 atom stereocenters. The first-order valence-corrected chi connectivity index (χ1v) is 13.4. The van der Waals surface area contributed by atoms with Gasteiger partial charge in [0.15, 0.2) is 0 Å². The van der Waals surface area contributed by atoms with Crippen LogP contribution in [0.3, 0.4) is 0 Å². The van der Waals surface area contributed by atoms with E-state index in [4.69, 9.17) is 0 Å². The van der Waals surface area contributed by atoms with Gasteiger partial charge in [-0.15, -0.1) is 0 Å². The smallest absolute Gasteiger partial charge is 0.0897 e. The average Bonchev–Trinajstić information content (AvgIpc) is 2.78. The lowest BCUT2D eigenvalue weighted by atomic mass is 9.64. The first kappa shape index (κ1) is 23.5. The van der Waals surface area contributed by atoms with Gasteiger partial charge in [0.25, 0.3) is 0 Å². The third-order valence-electron chi connectivity index (χ3n) is 9.20. The predicted octanol–water partition coefficient (Wildman–Crippen LogP) is 9.08. The molecule has 3 aliphatic rings. The number of alkyl halides is 2. The quantitative estimate of drug-likeness (QED) is 0.298. The van der Waals surface area contributed by atoms with E-state index in [0.717, 1.165) is 48.9 Å². The third-order valence-corrected chi connectivity index (χ3v) is 9.20. The SMILES string of the molecule is FCCCCCCCC1CCC(C2CCC(C3CCC(CCF)CC3)CC2)CC1. The van der Waals surface area contributed by atoms with E-state index in [0.29, 0.717) is 5.92 Å². The summed E-state index contributed by atoms with van der Waals surface area (Å²) in [7, 11) is 0. The molecule has 0 heterocycles. The van der Waals surface area contributed by atoms with Crippen molar-refractivity contribution in [2.45, 2.75) is 122 Å². The molecule has 0 spiro atoms. The molecule has 0 unspecified atom stereocenters. The van der Waals surface area contributed by atoms with Crippen LogP contribution in [0.25, 0.3) is 0 Å². The van der Waals surface area contributed by atoms with Crippen LogP contribution in [0.4, 0.5) is 8.78 Å². The van der Waals surface area contributed by atoms with Crippen molar-refractivity contribution in [2.75, 3.05) is 13.3 Å². The maximum absolute atomic E-state index is 12.6. The predicted molar refractivity (Wildman–Crippen MR) is 121 cm³/mol. The number of hydrogen-bond acceptors (Lipinski definition) is 0. The van der Waals surface area contributed by atoms with Gasteiger partial charge in [-0.25, -0.2) is 0 Å². The summed E-state index contributed by atoms with van der Waals surface area (Å²) in [6, 6.07) is 0. The lowest BCUT2D eigenvalue weighted by molar-refractivity contribution is 0.101. The van der Waals surface area contributed by atoms with Crippen molar-refractivity contribution >= 4 is 0 Å². The normalized spacial score (nSPS) is 36.2. The lowest BCUT2D eigenvalue weighted by Crippen LogP contribution is -2.29. The van der Waals surface area contributed by atoms with Gasteiger partial charge in [-0.05, 0) is 99.7 Å². The molecule has 0 N–H and O–H groups in total. The fourth-order valence-corrected chi connectivity index (χ4v) is 7.20. The number of halogens is 2. The summed E-state index contributed by atoms with van der Waals surface area (Å²) in [5.74, 6) is 5.69. The Kier molecular flexibility index (Phi) is 10.8. The van der Waals surface area contributed by atoms with E-state index in [9.17, 15) is 8.78 Å². The first-order chi connectivity index (χ1) is 14.3. The molecule has 0 aromatic carbocycles. The zero-order valence-corrected chi connectivity index (χ0v) is 19.1. The molecule has 0 radical (unpaired) electrons. The van der Waals surface area contributed by atoms with Crippen LogP contribution in [-0.4, -0.2) is 13.3 Å². The van der Waals surface area contributed by atoms with Crippen LogP contribution in [0.1, 0.15) is 122 Å². The van der Waals surface area contributed by atoms with Gasteiger partial charge < -0.3 is 0 Å². The Bertz CT molecular complexity index is 399. The highest BCUT2D eigenvalue weighted by Gasteiger charge is 2.34. The van der Waals surface area contributed by atoms with E-state index >= 15 is 0 Å². The largest absolute Gasteiger partial charge is 0.251 e. The van der Waals surface area contributed by atoms with E-state index in [1.165, 1.54) is 103 Å². The molecule has 3 saturated carbocycles. The number of hydrogen-bond donors (Lipinski definition) is 0. The molecule has 0 saturated heterocycles. The zero-order chi connectivity index (χ0) is 20.3. The third kappa shape index (κ3) is 7.80. The van der Waals surface area contributed by atoms with Gasteiger partial charge in [0, 0.05) is 0 Å². The maximum atomic E-state index is 12.6. The summed E-state index contributed by atoms with van der Waals surface area (Å²) in [4.78, 5) is 0. The van der Waals surface area contributed by atoms with Crippen molar-refractivity contribution in [3.05, 3.63) is 0 Å². The minimum atomic E-state index is -0.131. The first-order valence-electron chi connectivity index (χ1n) is 13.4. The molecule has 3 aliphatic carbocycles. The van der Waals surface area contributed by atoms with Crippen LogP contribution in [-0.2, 0) is 0 Å². The van der Waals surface area contributed by atoms with Crippen LogP contribution in [0.5, 0.6) is 0 Å². The fourth-order valence-electron chi connectivity index (χ4n) is 7.20. The second-order valence-electron chi connectivity index (χ2n) is 11.0. The Morgan fingerprint density at radius 2 is 0.759 bits per heavy atom. The molecule has 170 valence electrons. The van der Waals surface area contributed by atoms with E-state index in [2.05, 4.69) is 0 Å². The summed E-state index contributed by atoms with van der Waals surface area (Å²) >= 11 is 0. The second kappa shape index (κ2) is 13.3. The molecule has 0 nitrogen and oxygen atoms in total. The molecular formula is C27H48F2. The highest BCUT2D eigenvalue weighted by molar-refractivity contribution is 4.85. The highest BCUT2D eigenvalue weighted by atomic mass is 19.1. The van der Waals surface area contributed by atoms with Crippen molar-refractivity contribution < 1.29 is 8.78 Å². The van der Waals surface area contributed by atoms with Gasteiger partial charge >= 0.3 is 0 Å². The van der Waals surface area contributed by atoms with Gasteiger partial charge in [-0.1, -0.05) is 57.8 Å². The molecule has 3 fully saturated rings. The van der Waals surface area contributed by atoms with Gasteiger partial charge in [0.2, 0.25) is 0 Å². The summed E-state index contributed by atoms with van der Waals surface area (Å²) in [5.41, 5.74) is 0. The molecule has 3 rings (SSSR count). The monoisotopic (exact) mass is 410 g/mol. The minimum absolute atomic E-state index is 0.108. The van der Waals surface area contributed by atoms with E-state index in [-0.39, 0.29) is 13.3 Å². The van der Waals surface area contributed by atoms with Crippen molar-refractivity contribution in [3.8, 4) is 0 Å². The van der Waals surface area contributed by atoms with Crippen LogP contribution in [0, 0.1) is 35.5 Å². The summed E-state index contributed by atoms with van der Waals surface area (Å²) in [5, 5.41) is 0. The Morgan fingerprint density at radius 3 is 1.21 bits per heavy atom. The molecule has 0 aliphatic heterocycles. The molecule has 0 aromatic heterocycles. The van der Waals surface area contributed by atoms with E-state index in [1.807, 2.05) is 0 Å². The highest BCUT2D eigenvalue weighted by Crippen LogP contribution is 2.46. The van der Waals surface area contributed by atoms with Crippen LogP contribution < -0.4 is 0 Å². The average molecular weight is 411 g/mol. The van der Waals surface area contributed by atoms with Crippen LogP contribution in [0.15, 0.2) is 0 Å². The van der Waals surface area contributed by atoms with E-state index in [1.54, 1.807) is 0 Å². The Balaban J connectivity index is 1.25. The maximum Gasteiger partial charge on any atom is 0.0897 e. The van der Waals surface area contributed by atoms with Gasteiger partial charge in [-0.3, -0.25) is 8.78 Å². The zero-order valence-electron chi connectivity index (χ0n) is 19.1. The van der Waals surface area contributed by atoms with Gasteiger partial charge in [0.1, 0.15) is 0 Å². The molecule has 0 bridgehead atoms.